The van der Waals surface area contributed by atoms with Crippen molar-refractivity contribution in [1.29, 1.82) is 0 Å². The van der Waals surface area contributed by atoms with Gasteiger partial charge >= 0.3 is 0 Å². The van der Waals surface area contributed by atoms with Crippen LogP contribution in [0.3, 0.4) is 0 Å². The van der Waals surface area contributed by atoms with Crippen molar-refractivity contribution in [3.8, 4) is 11.5 Å². The van der Waals surface area contributed by atoms with E-state index in [1.165, 1.54) is 0 Å². The first kappa shape index (κ1) is 17.1. The Morgan fingerprint density at radius 1 is 1.19 bits per heavy atom. The van der Waals surface area contributed by atoms with Gasteiger partial charge in [-0.25, -0.2) is 5.01 Å². The monoisotopic (exact) mass is 460 g/mol. The molecule has 2 aliphatic heterocycles. The molecule has 136 valence electrons. The van der Waals surface area contributed by atoms with Crippen molar-refractivity contribution in [3.63, 3.8) is 0 Å². The molecule has 5 rings (SSSR count). The van der Waals surface area contributed by atoms with Crippen LogP contribution in [-0.2, 0) is 0 Å². The molecule has 4 nitrogen and oxygen atoms in total. The van der Waals surface area contributed by atoms with Gasteiger partial charge in [-0.2, -0.15) is 5.10 Å². The number of phenols is 1. The zero-order valence-electron chi connectivity index (χ0n) is 14.0. The van der Waals surface area contributed by atoms with Gasteiger partial charge in [0.1, 0.15) is 11.5 Å². The summed E-state index contributed by atoms with van der Waals surface area (Å²) in [6.45, 7) is 0. The number of halogens is 2. The van der Waals surface area contributed by atoms with Crippen LogP contribution in [0.15, 0.2) is 63.5 Å². The van der Waals surface area contributed by atoms with Gasteiger partial charge in [0.05, 0.1) is 22.2 Å². The Morgan fingerprint density at radius 3 is 2.89 bits per heavy atom. The van der Waals surface area contributed by atoms with E-state index in [9.17, 15) is 5.11 Å². The van der Waals surface area contributed by atoms with E-state index in [4.69, 9.17) is 21.4 Å². The lowest BCUT2D eigenvalue weighted by atomic mass is 9.97. The Balaban J connectivity index is 1.65. The smallest absolute Gasteiger partial charge is 0.217 e. The number of phenolic OH excluding ortho intramolecular Hbond substituents is 1. The lowest BCUT2D eigenvalue weighted by molar-refractivity contribution is -0.0203. The molecule has 1 N–H and O–H groups in total. The maximum absolute atomic E-state index is 10.5. The molecule has 0 aliphatic carbocycles. The van der Waals surface area contributed by atoms with Gasteiger partial charge in [0, 0.05) is 21.5 Å². The molecular weight excluding hydrogens is 448 g/mol. The number of hydrogen-bond acceptors (Lipinski definition) is 5. The van der Waals surface area contributed by atoms with Gasteiger partial charge in [0.2, 0.25) is 6.23 Å². The highest BCUT2D eigenvalue weighted by molar-refractivity contribution is 9.10. The molecule has 0 unspecified atom stereocenters. The molecule has 0 radical (unpaired) electrons. The average Bonchev–Trinajstić information content (AvgIpc) is 3.32. The molecule has 3 aromatic rings. The number of hydrogen-bond donors (Lipinski definition) is 1. The number of fused-ring (bicyclic) bond motifs is 3. The normalized spacial score (nSPS) is 20.7. The molecule has 0 saturated carbocycles. The number of thiophene rings is 1. The average molecular weight is 462 g/mol. The van der Waals surface area contributed by atoms with E-state index in [2.05, 4.69) is 22.0 Å². The van der Waals surface area contributed by atoms with Crippen LogP contribution in [0.25, 0.3) is 0 Å². The Morgan fingerprint density at radius 2 is 2.07 bits per heavy atom. The van der Waals surface area contributed by atoms with E-state index in [0.717, 1.165) is 32.8 Å². The molecule has 0 amide bonds. The summed E-state index contributed by atoms with van der Waals surface area (Å²) in [4.78, 5) is 1.14. The van der Waals surface area contributed by atoms with Crippen LogP contribution in [0, 0.1) is 0 Å². The van der Waals surface area contributed by atoms with Crippen molar-refractivity contribution in [2.75, 3.05) is 0 Å². The van der Waals surface area contributed by atoms with Crippen LogP contribution in [0.2, 0.25) is 5.02 Å². The summed E-state index contributed by atoms with van der Waals surface area (Å²) in [5.74, 6) is 0.951. The topological polar surface area (TPSA) is 45.1 Å². The quantitative estimate of drug-likeness (QED) is 0.500. The largest absolute Gasteiger partial charge is 0.507 e. The molecule has 7 heteroatoms. The molecule has 0 spiro atoms. The zero-order valence-corrected chi connectivity index (χ0v) is 17.1. The van der Waals surface area contributed by atoms with Crippen LogP contribution >= 0.6 is 38.9 Å². The number of rotatable bonds is 2. The Bertz CT molecular complexity index is 1050. The maximum Gasteiger partial charge on any atom is 0.217 e. The fourth-order valence-electron chi connectivity index (χ4n) is 3.58. The second-order valence-corrected chi connectivity index (χ2v) is 8.78. The first-order valence-corrected chi connectivity index (χ1v) is 10.5. The van der Waals surface area contributed by atoms with Crippen LogP contribution in [0.1, 0.15) is 34.7 Å². The summed E-state index contributed by atoms with van der Waals surface area (Å²) in [6.07, 6.45) is 0.251. The van der Waals surface area contributed by atoms with Gasteiger partial charge in [0.25, 0.3) is 0 Å². The molecule has 27 heavy (non-hydrogen) atoms. The van der Waals surface area contributed by atoms with Crippen molar-refractivity contribution in [3.05, 3.63) is 79.4 Å². The highest BCUT2D eigenvalue weighted by Crippen LogP contribution is 2.49. The molecule has 2 aliphatic rings. The molecule has 2 atom stereocenters. The summed E-state index contributed by atoms with van der Waals surface area (Å²) < 4.78 is 7.15. The fourth-order valence-corrected chi connectivity index (χ4v) is 4.86. The van der Waals surface area contributed by atoms with E-state index in [1.54, 1.807) is 23.5 Å². The minimum atomic E-state index is -0.515. The first-order valence-electron chi connectivity index (χ1n) is 8.44. The van der Waals surface area contributed by atoms with Gasteiger partial charge < -0.3 is 9.84 Å². The van der Waals surface area contributed by atoms with E-state index in [-0.39, 0.29) is 11.8 Å². The van der Waals surface area contributed by atoms with Crippen molar-refractivity contribution >= 4 is 44.6 Å². The van der Waals surface area contributed by atoms with E-state index < -0.39 is 6.23 Å². The predicted octanol–water partition coefficient (Wildman–Crippen LogP) is 6.11. The third kappa shape index (κ3) is 2.92. The van der Waals surface area contributed by atoms with Crippen LogP contribution in [-0.4, -0.2) is 15.8 Å². The number of nitrogens with zero attached hydrogens (tertiary/aromatic N) is 2. The molecule has 1 aromatic heterocycles. The number of hydrazone groups is 1. The van der Waals surface area contributed by atoms with Crippen LogP contribution in [0.5, 0.6) is 11.5 Å². The third-order valence-electron chi connectivity index (χ3n) is 4.81. The molecule has 3 heterocycles. The minimum Gasteiger partial charge on any atom is -0.507 e. The molecule has 0 fully saturated rings. The second kappa shape index (κ2) is 6.55. The Labute approximate surface area is 173 Å². The molecule has 0 saturated heterocycles. The Kier molecular flexibility index (Phi) is 4.15. The number of ether oxygens (including phenoxy) is 1. The van der Waals surface area contributed by atoms with Crippen molar-refractivity contribution in [1.82, 2.24) is 5.01 Å². The molecule has 2 aromatic carbocycles. The maximum atomic E-state index is 10.5. The number of benzene rings is 2. The lowest BCUT2D eigenvalue weighted by Crippen LogP contribution is -2.33. The van der Waals surface area contributed by atoms with Crippen molar-refractivity contribution < 1.29 is 9.84 Å². The standard InChI is InChI=1S/C20H14BrClN2O2S/c21-11-3-5-17(25)14(8-11)20-24-16(10-15(23-24)19-2-1-7-27-19)13-9-12(22)4-6-18(13)26-20/h1-9,16,20,25H,10H2/t16-,20+/m0/s1. The highest BCUT2D eigenvalue weighted by Gasteiger charge is 2.42. The summed E-state index contributed by atoms with van der Waals surface area (Å²) in [5.41, 5.74) is 2.71. The third-order valence-corrected chi connectivity index (χ3v) is 6.46. The summed E-state index contributed by atoms with van der Waals surface area (Å²) in [7, 11) is 0. The van der Waals surface area contributed by atoms with Gasteiger partial charge in [-0.3, -0.25) is 0 Å². The SMILES string of the molecule is Oc1ccc(Br)cc1[C@H]1Oc2ccc(Cl)cc2[C@@H]2CC(c3cccs3)=NN12. The predicted molar refractivity (Wildman–Crippen MR) is 111 cm³/mol. The van der Waals surface area contributed by atoms with Gasteiger partial charge in [-0.15, -0.1) is 11.3 Å². The van der Waals surface area contributed by atoms with Crippen molar-refractivity contribution in [2.24, 2.45) is 5.10 Å². The lowest BCUT2D eigenvalue weighted by Gasteiger charge is -2.38. The summed E-state index contributed by atoms with van der Waals surface area (Å²) in [5, 5.41) is 20.0. The fraction of sp³-hybridized carbons (Fsp3) is 0.150. The summed E-state index contributed by atoms with van der Waals surface area (Å²) in [6, 6.07) is 15.1. The Hall–Kier alpha value is -2.02. The van der Waals surface area contributed by atoms with Gasteiger partial charge in [-0.1, -0.05) is 33.6 Å². The minimum absolute atomic E-state index is 0.00734. The molecule has 0 bridgehead atoms. The molecular formula is C20H14BrClN2O2S. The van der Waals surface area contributed by atoms with E-state index >= 15 is 0 Å². The van der Waals surface area contributed by atoms with Crippen LogP contribution in [0.4, 0.5) is 0 Å². The highest BCUT2D eigenvalue weighted by atomic mass is 79.9. The van der Waals surface area contributed by atoms with Crippen LogP contribution < -0.4 is 4.74 Å². The first-order chi connectivity index (χ1) is 13.1. The van der Waals surface area contributed by atoms with E-state index in [1.807, 2.05) is 40.7 Å². The number of aromatic hydroxyl groups is 1. The van der Waals surface area contributed by atoms with Gasteiger partial charge in [0.15, 0.2) is 0 Å². The second-order valence-electron chi connectivity index (χ2n) is 6.48. The van der Waals surface area contributed by atoms with Crippen molar-refractivity contribution in [2.45, 2.75) is 18.7 Å². The zero-order chi connectivity index (χ0) is 18.5. The summed E-state index contributed by atoms with van der Waals surface area (Å²) >= 11 is 11.4. The van der Waals surface area contributed by atoms with Gasteiger partial charge in [-0.05, 0) is 47.8 Å². The van der Waals surface area contributed by atoms with E-state index in [0.29, 0.717) is 10.6 Å².